The van der Waals surface area contributed by atoms with Gasteiger partial charge >= 0.3 is 0 Å². The van der Waals surface area contributed by atoms with Crippen molar-refractivity contribution < 1.29 is 4.39 Å². The quantitative estimate of drug-likeness (QED) is 0.709. The van der Waals surface area contributed by atoms with Crippen molar-refractivity contribution in [1.82, 2.24) is 0 Å². The summed E-state index contributed by atoms with van der Waals surface area (Å²) >= 11 is 6.18. The van der Waals surface area contributed by atoms with Crippen LogP contribution in [0.1, 0.15) is 30.4 Å². The van der Waals surface area contributed by atoms with E-state index in [1.54, 1.807) is 0 Å². The summed E-state index contributed by atoms with van der Waals surface area (Å²) in [5.41, 5.74) is 2.31. The highest BCUT2D eigenvalue weighted by molar-refractivity contribution is 6.31. The summed E-state index contributed by atoms with van der Waals surface area (Å²) in [6.45, 7) is 2.14. The minimum absolute atomic E-state index is 0.189. The average molecular weight is 263 g/mol. The van der Waals surface area contributed by atoms with Crippen LogP contribution >= 0.6 is 11.6 Å². The predicted molar refractivity (Wildman–Crippen MR) is 74.6 cm³/mol. The molecule has 2 aromatic rings. The molecule has 0 bridgehead atoms. The fourth-order valence-corrected chi connectivity index (χ4v) is 2.38. The van der Waals surface area contributed by atoms with Crippen LogP contribution in [0, 0.1) is 5.82 Å². The Kier molecular flexibility index (Phi) is 4.38. The molecule has 0 aliphatic heterocycles. The van der Waals surface area contributed by atoms with Crippen LogP contribution in [0.15, 0.2) is 48.5 Å². The second-order valence-electron chi connectivity index (χ2n) is 4.45. The van der Waals surface area contributed by atoms with Crippen LogP contribution < -0.4 is 0 Å². The number of benzene rings is 2. The van der Waals surface area contributed by atoms with E-state index in [4.69, 9.17) is 11.6 Å². The van der Waals surface area contributed by atoms with Gasteiger partial charge < -0.3 is 0 Å². The van der Waals surface area contributed by atoms with Gasteiger partial charge in [-0.2, -0.15) is 0 Å². The molecule has 2 aromatic carbocycles. The molecule has 94 valence electrons. The van der Waals surface area contributed by atoms with Gasteiger partial charge in [-0.1, -0.05) is 48.9 Å². The van der Waals surface area contributed by atoms with Crippen molar-refractivity contribution in [1.29, 1.82) is 0 Å². The Morgan fingerprint density at radius 3 is 2.33 bits per heavy atom. The van der Waals surface area contributed by atoms with Gasteiger partial charge in [0, 0.05) is 5.02 Å². The minimum atomic E-state index is -0.189. The molecule has 0 saturated heterocycles. The first-order chi connectivity index (χ1) is 8.70. The zero-order valence-corrected chi connectivity index (χ0v) is 11.1. The summed E-state index contributed by atoms with van der Waals surface area (Å²) in [7, 11) is 0. The van der Waals surface area contributed by atoms with Crippen molar-refractivity contribution in [2.24, 2.45) is 0 Å². The van der Waals surface area contributed by atoms with Gasteiger partial charge in [0.05, 0.1) is 0 Å². The topological polar surface area (TPSA) is 0 Å². The van der Waals surface area contributed by atoms with Crippen molar-refractivity contribution >= 4 is 11.6 Å². The van der Waals surface area contributed by atoms with Gasteiger partial charge in [-0.05, 0) is 48.1 Å². The first kappa shape index (κ1) is 13.1. The Morgan fingerprint density at radius 1 is 1.06 bits per heavy atom. The van der Waals surface area contributed by atoms with Crippen LogP contribution in [0.3, 0.4) is 0 Å². The molecule has 1 atom stereocenters. The Hall–Kier alpha value is -1.34. The van der Waals surface area contributed by atoms with Gasteiger partial charge in [0.1, 0.15) is 5.82 Å². The van der Waals surface area contributed by atoms with Gasteiger partial charge in [0.2, 0.25) is 0 Å². The molecule has 18 heavy (non-hydrogen) atoms. The summed E-state index contributed by atoms with van der Waals surface area (Å²) in [5, 5.41) is 0.804. The molecule has 0 N–H and O–H groups in total. The Bertz CT molecular complexity index is 505. The molecule has 1 unspecified atom stereocenters. The van der Waals surface area contributed by atoms with E-state index in [-0.39, 0.29) is 5.82 Å². The summed E-state index contributed by atoms with van der Waals surface area (Å²) in [6.07, 6.45) is 1.90. The van der Waals surface area contributed by atoms with Crippen LogP contribution in [0.4, 0.5) is 4.39 Å². The zero-order chi connectivity index (χ0) is 13.0. The van der Waals surface area contributed by atoms with E-state index < -0.39 is 0 Å². The largest absolute Gasteiger partial charge is 0.207 e. The van der Waals surface area contributed by atoms with E-state index in [0.717, 1.165) is 23.4 Å². The third kappa shape index (κ3) is 3.11. The highest BCUT2D eigenvalue weighted by atomic mass is 35.5. The third-order valence-corrected chi connectivity index (χ3v) is 3.63. The smallest absolute Gasteiger partial charge is 0.123 e. The lowest BCUT2D eigenvalue weighted by molar-refractivity contribution is 0.620. The first-order valence-corrected chi connectivity index (χ1v) is 6.57. The van der Waals surface area contributed by atoms with Crippen LogP contribution in [-0.2, 0) is 6.42 Å². The fourth-order valence-electron chi connectivity index (χ4n) is 2.16. The number of hydrogen-bond donors (Lipinski definition) is 0. The summed E-state index contributed by atoms with van der Waals surface area (Å²) < 4.78 is 12.9. The summed E-state index contributed by atoms with van der Waals surface area (Å²) in [5.74, 6) is 0.192. The lowest BCUT2D eigenvalue weighted by Crippen LogP contribution is -2.02. The van der Waals surface area contributed by atoms with Crippen molar-refractivity contribution in [3.63, 3.8) is 0 Å². The highest BCUT2D eigenvalue weighted by Crippen LogP contribution is 2.27. The minimum Gasteiger partial charge on any atom is -0.207 e. The van der Waals surface area contributed by atoms with Crippen LogP contribution in [0.5, 0.6) is 0 Å². The van der Waals surface area contributed by atoms with E-state index in [1.165, 1.54) is 17.7 Å². The lowest BCUT2D eigenvalue weighted by atomic mass is 9.90. The second-order valence-corrected chi connectivity index (χ2v) is 4.86. The van der Waals surface area contributed by atoms with Crippen LogP contribution in [0.25, 0.3) is 0 Å². The molecule has 0 heterocycles. The molecule has 0 fully saturated rings. The molecule has 0 spiro atoms. The van der Waals surface area contributed by atoms with Crippen LogP contribution in [-0.4, -0.2) is 0 Å². The number of halogens is 2. The van der Waals surface area contributed by atoms with E-state index in [2.05, 4.69) is 13.0 Å². The van der Waals surface area contributed by atoms with E-state index in [9.17, 15) is 4.39 Å². The summed E-state index contributed by atoms with van der Waals surface area (Å²) in [4.78, 5) is 0. The van der Waals surface area contributed by atoms with Gasteiger partial charge in [-0.3, -0.25) is 0 Å². The maximum Gasteiger partial charge on any atom is 0.123 e. The molecule has 0 radical (unpaired) electrons. The molecule has 2 rings (SSSR count). The van der Waals surface area contributed by atoms with Crippen molar-refractivity contribution in [2.45, 2.75) is 25.7 Å². The standard InChI is InChI=1S/C16H16ClF/c1-2-12(13-7-9-15(18)10-8-13)11-14-5-3-4-6-16(14)17/h3-10,12H,2,11H2,1H3. The molecule has 2 heteroatoms. The van der Waals surface area contributed by atoms with E-state index in [0.29, 0.717) is 5.92 Å². The molecular formula is C16H16ClF. The second kappa shape index (κ2) is 6.01. The van der Waals surface area contributed by atoms with Crippen LogP contribution in [0.2, 0.25) is 5.02 Å². The maximum absolute atomic E-state index is 12.9. The Balaban J connectivity index is 2.20. The van der Waals surface area contributed by atoms with Crippen molar-refractivity contribution in [2.75, 3.05) is 0 Å². The third-order valence-electron chi connectivity index (χ3n) is 3.26. The average Bonchev–Trinajstić information content (AvgIpc) is 2.39. The van der Waals surface area contributed by atoms with Gasteiger partial charge in [-0.15, -0.1) is 0 Å². The SMILES string of the molecule is CCC(Cc1ccccc1Cl)c1ccc(F)cc1. The van der Waals surface area contributed by atoms with Crippen molar-refractivity contribution in [3.05, 3.63) is 70.5 Å². The Morgan fingerprint density at radius 2 is 1.72 bits per heavy atom. The molecule has 0 nitrogen and oxygen atoms in total. The van der Waals surface area contributed by atoms with Gasteiger partial charge in [0.25, 0.3) is 0 Å². The van der Waals surface area contributed by atoms with Crippen molar-refractivity contribution in [3.8, 4) is 0 Å². The number of hydrogen-bond acceptors (Lipinski definition) is 0. The normalized spacial score (nSPS) is 12.4. The molecule has 0 aromatic heterocycles. The molecule has 0 saturated carbocycles. The molecule has 0 aliphatic rings. The first-order valence-electron chi connectivity index (χ1n) is 6.19. The monoisotopic (exact) mass is 262 g/mol. The molecule has 0 aliphatic carbocycles. The maximum atomic E-state index is 12.9. The zero-order valence-electron chi connectivity index (χ0n) is 10.4. The molecular weight excluding hydrogens is 247 g/mol. The number of rotatable bonds is 4. The molecule has 0 amide bonds. The van der Waals surface area contributed by atoms with Gasteiger partial charge in [-0.25, -0.2) is 4.39 Å². The Labute approximate surface area is 112 Å². The van der Waals surface area contributed by atoms with E-state index in [1.807, 2.05) is 30.3 Å². The van der Waals surface area contributed by atoms with Gasteiger partial charge in [0.15, 0.2) is 0 Å². The van der Waals surface area contributed by atoms with E-state index >= 15 is 0 Å². The summed E-state index contributed by atoms with van der Waals surface area (Å²) in [6, 6.07) is 14.7. The lowest BCUT2D eigenvalue weighted by Gasteiger charge is -2.16. The predicted octanol–water partition coefficient (Wildman–Crippen LogP) is 5.22. The highest BCUT2D eigenvalue weighted by Gasteiger charge is 2.12. The fraction of sp³-hybridized carbons (Fsp3) is 0.250.